The summed E-state index contributed by atoms with van der Waals surface area (Å²) >= 11 is 0. The molecule has 0 spiro atoms. The summed E-state index contributed by atoms with van der Waals surface area (Å²) in [5.74, 6) is 0.0875. The molecule has 0 saturated heterocycles. The molecule has 1 amide bonds. The molecule has 1 aromatic heterocycles. The average Bonchev–Trinajstić information content (AvgIpc) is 2.92. The molecule has 1 heterocycles. The fourth-order valence-electron chi connectivity index (χ4n) is 2.68. The van der Waals surface area contributed by atoms with Crippen LogP contribution in [-0.2, 0) is 14.8 Å². The number of para-hydroxylation sites is 1. The lowest BCUT2D eigenvalue weighted by Gasteiger charge is -2.23. The lowest BCUT2D eigenvalue weighted by molar-refractivity contribution is -0.114. The largest absolute Gasteiger partial charge is 0.441 e. The number of amides is 1. The van der Waals surface area contributed by atoms with E-state index in [4.69, 9.17) is 4.42 Å². The van der Waals surface area contributed by atoms with Crippen LogP contribution < -0.4 is 9.62 Å². The quantitative estimate of drug-likeness (QED) is 0.742. The molecule has 0 bridgehead atoms. The zero-order valence-corrected chi connectivity index (χ0v) is 15.5. The molecule has 0 atom stereocenters. The molecule has 1 N–H and O–H groups in total. The van der Waals surface area contributed by atoms with Crippen molar-refractivity contribution in [1.82, 2.24) is 4.98 Å². The Balaban J connectivity index is 1.82. The van der Waals surface area contributed by atoms with Crippen LogP contribution in [0.1, 0.15) is 11.5 Å². The van der Waals surface area contributed by atoms with Gasteiger partial charge in [0.15, 0.2) is 11.5 Å². The summed E-state index contributed by atoms with van der Waals surface area (Å²) < 4.78 is 30.8. The number of fused-ring (bicyclic) bond motifs is 1. The van der Waals surface area contributed by atoms with Crippen LogP contribution in [0.3, 0.4) is 0 Å². The van der Waals surface area contributed by atoms with Crippen molar-refractivity contribution in [3.63, 3.8) is 0 Å². The van der Waals surface area contributed by atoms with Gasteiger partial charge in [0.2, 0.25) is 15.9 Å². The Morgan fingerprint density at radius 2 is 1.92 bits per heavy atom. The third-order valence-corrected chi connectivity index (χ3v) is 4.98. The summed E-state index contributed by atoms with van der Waals surface area (Å²) in [6.07, 6.45) is 1.08. The molecule has 3 aromatic rings. The normalized spacial score (nSPS) is 11.5. The van der Waals surface area contributed by atoms with Crippen molar-refractivity contribution in [3.8, 4) is 0 Å². The van der Waals surface area contributed by atoms with E-state index >= 15 is 0 Å². The van der Waals surface area contributed by atoms with Gasteiger partial charge in [-0.3, -0.25) is 9.10 Å². The third-order valence-electron chi connectivity index (χ3n) is 3.85. The number of rotatable bonds is 5. The highest BCUT2D eigenvalue weighted by Gasteiger charge is 2.22. The van der Waals surface area contributed by atoms with Gasteiger partial charge in [-0.25, -0.2) is 13.4 Å². The molecule has 0 unspecified atom stereocenters. The van der Waals surface area contributed by atoms with E-state index in [0.29, 0.717) is 28.4 Å². The van der Waals surface area contributed by atoms with Crippen molar-refractivity contribution < 1.29 is 17.6 Å². The van der Waals surface area contributed by atoms with Crippen LogP contribution in [0.25, 0.3) is 11.1 Å². The predicted octanol–water partition coefficient (Wildman–Crippen LogP) is 2.85. The summed E-state index contributed by atoms with van der Waals surface area (Å²) in [6.45, 7) is 3.22. The Labute approximate surface area is 151 Å². The number of anilines is 2. The zero-order valence-electron chi connectivity index (χ0n) is 14.7. The van der Waals surface area contributed by atoms with Crippen molar-refractivity contribution in [3.05, 3.63) is 53.9 Å². The molecule has 136 valence electrons. The molecular formula is C18H19N3O4S. The van der Waals surface area contributed by atoms with Gasteiger partial charge in [-0.1, -0.05) is 18.2 Å². The molecule has 0 aliphatic carbocycles. The summed E-state index contributed by atoms with van der Waals surface area (Å²) in [5.41, 5.74) is 3.02. The molecule has 0 radical (unpaired) electrons. The van der Waals surface area contributed by atoms with Gasteiger partial charge in [0.25, 0.3) is 0 Å². The highest BCUT2D eigenvalue weighted by molar-refractivity contribution is 7.92. The molecular weight excluding hydrogens is 354 g/mol. The van der Waals surface area contributed by atoms with Crippen LogP contribution in [0.4, 0.5) is 11.4 Å². The van der Waals surface area contributed by atoms with Gasteiger partial charge in [-0.15, -0.1) is 0 Å². The number of hydrogen-bond acceptors (Lipinski definition) is 5. The van der Waals surface area contributed by atoms with Crippen LogP contribution in [-0.4, -0.2) is 32.1 Å². The highest BCUT2D eigenvalue weighted by Crippen LogP contribution is 2.23. The van der Waals surface area contributed by atoms with Gasteiger partial charge in [0.05, 0.1) is 11.9 Å². The number of sulfonamides is 1. The van der Waals surface area contributed by atoms with E-state index in [1.165, 1.54) is 0 Å². The lowest BCUT2D eigenvalue weighted by Crippen LogP contribution is -2.37. The van der Waals surface area contributed by atoms with Crippen LogP contribution in [0.5, 0.6) is 0 Å². The zero-order chi connectivity index (χ0) is 18.9. The minimum Gasteiger partial charge on any atom is -0.441 e. The first-order chi connectivity index (χ1) is 12.2. The second kappa shape index (κ2) is 6.80. The number of aryl methyl sites for hydroxylation is 2. The van der Waals surface area contributed by atoms with Crippen molar-refractivity contribution in [2.45, 2.75) is 13.8 Å². The summed E-state index contributed by atoms with van der Waals surface area (Å²) in [4.78, 5) is 16.7. The number of nitrogens with zero attached hydrogens (tertiary/aromatic N) is 2. The minimum atomic E-state index is -3.61. The highest BCUT2D eigenvalue weighted by atomic mass is 32.2. The Bertz CT molecular complexity index is 1070. The Hall–Kier alpha value is -2.87. The number of benzene rings is 2. The van der Waals surface area contributed by atoms with Crippen LogP contribution in [0, 0.1) is 13.8 Å². The first kappa shape index (κ1) is 17.9. The second-order valence-electron chi connectivity index (χ2n) is 6.02. The van der Waals surface area contributed by atoms with Crippen molar-refractivity contribution >= 4 is 38.4 Å². The monoisotopic (exact) mass is 373 g/mol. The lowest BCUT2D eigenvalue weighted by atomic mass is 10.2. The Kier molecular flexibility index (Phi) is 4.69. The van der Waals surface area contributed by atoms with Gasteiger partial charge in [0, 0.05) is 12.6 Å². The van der Waals surface area contributed by atoms with Crippen molar-refractivity contribution in [1.29, 1.82) is 0 Å². The second-order valence-corrected chi connectivity index (χ2v) is 7.93. The van der Waals surface area contributed by atoms with E-state index in [2.05, 4.69) is 10.3 Å². The first-order valence-corrected chi connectivity index (χ1v) is 9.79. The van der Waals surface area contributed by atoms with Gasteiger partial charge in [0.1, 0.15) is 12.1 Å². The first-order valence-electron chi connectivity index (χ1n) is 7.94. The maximum atomic E-state index is 12.4. The molecule has 26 heavy (non-hydrogen) atoms. The van der Waals surface area contributed by atoms with E-state index < -0.39 is 15.9 Å². The molecule has 0 aliphatic heterocycles. The van der Waals surface area contributed by atoms with E-state index in [1.807, 2.05) is 6.07 Å². The SMILES string of the molecule is Cc1nc2cc(NC(=O)CN(c3ccccc3C)S(C)(=O)=O)ccc2o1. The number of nitrogens with one attached hydrogen (secondary N) is 1. The topological polar surface area (TPSA) is 92.5 Å². The molecule has 8 heteroatoms. The molecule has 0 aliphatic rings. The van der Waals surface area contributed by atoms with Gasteiger partial charge in [-0.05, 0) is 36.8 Å². The Morgan fingerprint density at radius 1 is 1.19 bits per heavy atom. The molecule has 0 saturated carbocycles. The Morgan fingerprint density at radius 3 is 2.62 bits per heavy atom. The third kappa shape index (κ3) is 3.85. The fraction of sp³-hybridized carbons (Fsp3) is 0.222. The standard InChI is InChI=1S/C18H19N3O4S/c1-12-6-4-5-7-16(12)21(26(3,23)24)11-18(22)20-14-8-9-17-15(10-14)19-13(2)25-17/h4-10H,11H2,1-3H3,(H,20,22). The van der Waals surface area contributed by atoms with Gasteiger partial charge < -0.3 is 9.73 Å². The molecule has 2 aromatic carbocycles. The number of carbonyl (C=O) groups is 1. The van der Waals surface area contributed by atoms with Crippen LogP contribution >= 0.6 is 0 Å². The average molecular weight is 373 g/mol. The van der Waals surface area contributed by atoms with Crippen LogP contribution in [0.2, 0.25) is 0 Å². The number of hydrogen-bond donors (Lipinski definition) is 1. The molecule has 7 nitrogen and oxygen atoms in total. The molecule has 0 fully saturated rings. The van der Waals surface area contributed by atoms with Gasteiger partial charge >= 0.3 is 0 Å². The van der Waals surface area contributed by atoms with Crippen molar-refractivity contribution in [2.75, 3.05) is 22.4 Å². The van der Waals surface area contributed by atoms with E-state index in [1.54, 1.807) is 50.2 Å². The summed E-state index contributed by atoms with van der Waals surface area (Å²) in [5, 5.41) is 2.71. The number of carbonyl (C=O) groups excluding carboxylic acids is 1. The maximum Gasteiger partial charge on any atom is 0.245 e. The number of oxazole rings is 1. The maximum absolute atomic E-state index is 12.4. The van der Waals surface area contributed by atoms with Gasteiger partial charge in [-0.2, -0.15) is 0 Å². The summed E-state index contributed by atoms with van der Waals surface area (Å²) in [6, 6.07) is 12.1. The van der Waals surface area contributed by atoms with E-state index in [9.17, 15) is 13.2 Å². The van der Waals surface area contributed by atoms with E-state index in [-0.39, 0.29) is 6.54 Å². The van der Waals surface area contributed by atoms with Crippen LogP contribution in [0.15, 0.2) is 46.9 Å². The predicted molar refractivity (Wildman–Crippen MR) is 101 cm³/mol. The summed E-state index contributed by atoms with van der Waals surface area (Å²) in [7, 11) is -3.61. The van der Waals surface area contributed by atoms with Crippen molar-refractivity contribution in [2.24, 2.45) is 0 Å². The van der Waals surface area contributed by atoms with E-state index in [0.717, 1.165) is 16.1 Å². The molecule has 3 rings (SSSR count). The minimum absolute atomic E-state index is 0.320. The number of aromatic nitrogens is 1. The smallest absolute Gasteiger partial charge is 0.245 e. The fourth-order valence-corrected chi connectivity index (χ4v) is 3.59.